The second-order valence-electron chi connectivity index (χ2n) is 5.82. The highest BCUT2D eigenvalue weighted by molar-refractivity contribution is 5.79. The minimum absolute atomic E-state index is 0.586. The first-order valence-corrected chi connectivity index (χ1v) is 8.43. The number of nitrogens with zero attached hydrogens (tertiary/aromatic N) is 4. The van der Waals surface area contributed by atoms with Crippen LogP contribution in [0.1, 0.15) is 19.8 Å². The third-order valence-electron chi connectivity index (χ3n) is 4.25. The van der Waals surface area contributed by atoms with Crippen LogP contribution in [0.15, 0.2) is 29.5 Å². The number of aliphatic imine (C=N–C) groups is 1. The molecular weight excluding hydrogens is 290 g/mol. The highest BCUT2D eigenvalue weighted by Gasteiger charge is 2.24. The van der Waals surface area contributed by atoms with Crippen LogP contribution in [0.5, 0.6) is 5.75 Å². The van der Waals surface area contributed by atoms with Gasteiger partial charge in [0.05, 0.1) is 12.7 Å². The van der Waals surface area contributed by atoms with Gasteiger partial charge in [-0.1, -0.05) is 6.92 Å². The minimum Gasteiger partial charge on any atom is -0.490 e. The van der Waals surface area contributed by atoms with Crippen molar-refractivity contribution in [1.29, 1.82) is 0 Å². The van der Waals surface area contributed by atoms with Gasteiger partial charge < -0.3 is 15.0 Å². The van der Waals surface area contributed by atoms with Crippen LogP contribution in [0.3, 0.4) is 0 Å². The van der Waals surface area contributed by atoms with Crippen LogP contribution in [0.2, 0.25) is 0 Å². The molecule has 1 N–H and O–H groups in total. The summed E-state index contributed by atoms with van der Waals surface area (Å²) < 4.78 is 5.64. The molecule has 6 heteroatoms. The summed E-state index contributed by atoms with van der Waals surface area (Å²) in [7, 11) is 3.93. The lowest BCUT2D eigenvalue weighted by molar-refractivity contribution is 0.232. The molecule has 0 aliphatic carbocycles. The Bertz CT molecular complexity index is 479. The van der Waals surface area contributed by atoms with Gasteiger partial charge in [0.25, 0.3) is 0 Å². The number of rotatable bonds is 7. The van der Waals surface area contributed by atoms with Crippen molar-refractivity contribution in [2.24, 2.45) is 4.99 Å². The number of nitrogens with one attached hydrogen (secondary N) is 1. The number of likely N-dealkylation sites (N-methyl/N-ethyl adjacent to an activating group) is 2. The van der Waals surface area contributed by atoms with Crippen molar-refractivity contribution in [3.05, 3.63) is 24.5 Å². The molecule has 0 aromatic carbocycles. The van der Waals surface area contributed by atoms with E-state index in [1.54, 1.807) is 12.4 Å². The molecule has 0 spiro atoms. The van der Waals surface area contributed by atoms with Crippen molar-refractivity contribution in [3.8, 4) is 5.75 Å². The summed E-state index contributed by atoms with van der Waals surface area (Å²) in [5.41, 5.74) is 0. The van der Waals surface area contributed by atoms with Crippen LogP contribution in [0.4, 0.5) is 0 Å². The lowest BCUT2D eigenvalue weighted by Gasteiger charge is -2.29. The van der Waals surface area contributed by atoms with Gasteiger partial charge in [-0.25, -0.2) is 0 Å². The van der Waals surface area contributed by atoms with E-state index < -0.39 is 0 Å². The normalized spacial score (nSPS) is 18.9. The van der Waals surface area contributed by atoms with Gasteiger partial charge in [0.2, 0.25) is 0 Å². The third kappa shape index (κ3) is 5.39. The standard InChI is InChI=1S/C17H29N5O/c1-4-22-11-6-7-15(22)14-21(3)17(18-2)20-10-12-23-16-8-5-9-19-13-16/h5,8-9,13,15H,4,6-7,10-12,14H2,1-3H3,(H,18,20). The Morgan fingerprint density at radius 1 is 1.57 bits per heavy atom. The van der Waals surface area contributed by atoms with E-state index in [1.807, 2.05) is 19.2 Å². The first kappa shape index (κ1) is 17.5. The second-order valence-corrected chi connectivity index (χ2v) is 5.82. The van der Waals surface area contributed by atoms with Crippen molar-refractivity contribution in [3.63, 3.8) is 0 Å². The van der Waals surface area contributed by atoms with E-state index in [-0.39, 0.29) is 0 Å². The fourth-order valence-corrected chi connectivity index (χ4v) is 3.07. The highest BCUT2D eigenvalue weighted by Crippen LogP contribution is 2.17. The first-order chi connectivity index (χ1) is 11.2. The summed E-state index contributed by atoms with van der Waals surface area (Å²) in [6.45, 7) is 6.90. The molecule has 0 saturated carbocycles. The molecule has 23 heavy (non-hydrogen) atoms. The Morgan fingerprint density at radius 3 is 3.13 bits per heavy atom. The van der Waals surface area contributed by atoms with Crippen molar-refractivity contribution in [2.75, 3.05) is 46.9 Å². The predicted octanol–water partition coefficient (Wildman–Crippen LogP) is 1.45. The topological polar surface area (TPSA) is 53.0 Å². The number of aromatic nitrogens is 1. The minimum atomic E-state index is 0.586. The maximum atomic E-state index is 5.64. The van der Waals surface area contributed by atoms with Crippen LogP contribution in [0, 0.1) is 0 Å². The molecule has 1 aliphatic heterocycles. The highest BCUT2D eigenvalue weighted by atomic mass is 16.5. The van der Waals surface area contributed by atoms with Crippen molar-refractivity contribution < 1.29 is 4.74 Å². The van der Waals surface area contributed by atoms with E-state index in [4.69, 9.17) is 4.74 Å². The fourth-order valence-electron chi connectivity index (χ4n) is 3.07. The van der Waals surface area contributed by atoms with Gasteiger partial charge in [-0.15, -0.1) is 0 Å². The van der Waals surface area contributed by atoms with Crippen LogP contribution in [0.25, 0.3) is 0 Å². The van der Waals surface area contributed by atoms with Crippen molar-refractivity contribution >= 4 is 5.96 Å². The molecule has 0 radical (unpaired) electrons. The number of pyridine rings is 1. The number of hydrogen-bond donors (Lipinski definition) is 1. The molecule has 1 saturated heterocycles. The van der Waals surface area contributed by atoms with Gasteiger partial charge in [0.15, 0.2) is 5.96 Å². The lowest BCUT2D eigenvalue weighted by atomic mass is 10.2. The predicted molar refractivity (Wildman–Crippen MR) is 94.0 cm³/mol. The zero-order chi connectivity index (χ0) is 16.5. The smallest absolute Gasteiger partial charge is 0.193 e. The summed E-state index contributed by atoms with van der Waals surface area (Å²) in [5.74, 6) is 1.71. The Morgan fingerprint density at radius 2 is 2.43 bits per heavy atom. The molecule has 0 bridgehead atoms. The largest absolute Gasteiger partial charge is 0.490 e. The maximum Gasteiger partial charge on any atom is 0.193 e. The molecule has 1 unspecified atom stereocenters. The summed E-state index contributed by atoms with van der Waals surface area (Å²) in [4.78, 5) is 13.2. The summed E-state index contributed by atoms with van der Waals surface area (Å²) in [6.07, 6.45) is 6.04. The molecular formula is C17H29N5O. The zero-order valence-electron chi connectivity index (χ0n) is 14.5. The third-order valence-corrected chi connectivity index (χ3v) is 4.25. The fraction of sp³-hybridized carbons (Fsp3) is 0.647. The monoisotopic (exact) mass is 319 g/mol. The lowest BCUT2D eigenvalue weighted by Crippen LogP contribution is -2.46. The number of guanidine groups is 1. The average Bonchev–Trinajstić information content (AvgIpc) is 3.03. The summed E-state index contributed by atoms with van der Waals surface area (Å²) in [6, 6.07) is 4.42. The maximum absolute atomic E-state index is 5.64. The summed E-state index contributed by atoms with van der Waals surface area (Å²) in [5, 5.41) is 3.36. The van der Waals surface area contributed by atoms with E-state index in [2.05, 4.69) is 39.1 Å². The molecule has 2 heterocycles. The van der Waals surface area contributed by atoms with Crippen LogP contribution in [-0.4, -0.2) is 73.7 Å². The molecule has 0 amide bonds. The molecule has 1 aromatic heterocycles. The molecule has 1 aliphatic rings. The van der Waals surface area contributed by atoms with Gasteiger partial charge in [-0.2, -0.15) is 0 Å². The molecule has 2 rings (SSSR count). The Labute approximate surface area is 139 Å². The van der Waals surface area contributed by atoms with Crippen molar-refractivity contribution in [2.45, 2.75) is 25.8 Å². The van der Waals surface area contributed by atoms with Crippen LogP contribution < -0.4 is 10.1 Å². The molecule has 6 nitrogen and oxygen atoms in total. The van der Waals surface area contributed by atoms with Gasteiger partial charge in [-0.05, 0) is 38.1 Å². The van der Waals surface area contributed by atoms with Gasteiger partial charge in [0.1, 0.15) is 12.4 Å². The number of ether oxygens (including phenoxy) is 1. The van der Waals surface area contributed by atoms with Gasteiger partial charge in [0, 0.05) is 32.9 Å². The van der Waals surface area contributed by atoms with E-state index >= 15 is 0 Å². The van der Waals surface area contributed by atoms with E-state index in [0.717, 1.165) is 24.8 Å². The number of hydrogen-bond acceptors (Lipinski definition) is 4. The SMILES string of the molecule is CCN1CCCC1CN(C)C(=NC)NCCOc1cccnc1. The first-order valence-electron chi connectivity index (χ1n) is 8.43. The van der Waals surface area contributed by atoms with E-state index in [1.165, 1.54) is 19.4 Å². The van der Waals surface area contributed by atoms with Crippen LogP contribution in [-0.2, 0) is 0 Å². The van der Waals surface area contributed by atoms with E-state index in [0.29, 0.717) is 19.2 Å². The molecule has 1 atom stereocenters. The molecule has 1 fully saturated rings. The zero-order valence-corrected chi connectivity index (χ0v) is 14.5. The van der Waals surface area contributed by atoms with Crippen molar-refractivity contribution in [1.82, 2.24) is 20.1 Å². The van der Waals surface area contributed by atoms with Gasteiger partial charge >= 0.3 is 0 Å². The quantitative estimate of drug-likeness (QED) is 0.468. The van der Waals surface area contributed by atoms with E-state index in [9.17, 15) is 0 Å². The Hall–Kier alpha value is -1.82. The number of likely N-dealkylation sites (tertiary alicyclic amines) is 1. The average molecular weight is 319 g/mol. The Balaban J connectivity index is 1.71. The summed E-state index contributed by atoms with van der Waals surface area (Å²) >= 11 is 0. The van der Waals surface area contributed by atoms with Gasteiger partial charge in [-0.3, -0.25) is 14.9 Å². The molecule has 128 valence electrons. The second kappa shape index (κ2) is 9.35. The van der Waals surface area contributed by atoms with Crippen LogP contribution >= 0.6 is 0 Å². The Kier molecular flexibility index (Phi) is 7.13. The molecule has 1 aromatic rings.